The average molecular weight is 519 g/mol. The molecule has 0 spiro atoms. The minimum absolute atomic E-state index is 0.00970. The second-order valence-electron chi connectivity index (χ2n) is 9.02. The molecule has 7 heteroatoms. The van der Waals surface area contributed by atoms with Crippen LogP contribution in [0.3, 0.4) is 0 Å². The molecule has 5 rings (SSSR count). The summed E-state index contributed by atoms with van der Waals surface area (Å²) in [6, 6.07) is 26.3. The Balaban J connectivity index is 1.86. The van der Waals surface area contributed by atoms with E-state index < -0.39 is 0 Å². The first-order valence-corrected chi connectivity index (χ1v) is 12.9. The van der Waals surface area contributed by atoms with Crippen molar-refractivity contribution in [2.75, 3.05) is 17.2 Å². The maximum Gasteiger partial charge on any atom is 0.155 e. The predicted octanol–water partition coefficient (Wildman–Crippen LogP) is 7.37. The zero-order valence-electron chi connectivity index (χ0n) is 21.6. The van der Waals surface area contributed by atoms with Gasteiger partial charge < -0.3 is 26.0 Å². The number of rotatable bonds is 9. The molecule has 7 nitrogen and oxygen atoms in total. The third kappa shape index (κ3) is 5.39. The number of nitrogens with one attached hydrogen (secondary N) is 2. The molecule has 0 aliphatic heterocycles. The Bertz CT molecular complexity index is 1610. The number of phenols is 2. The second kappa shape index (κ2) is 11.7. The minimum Gasteiger partial charge on any atom is -0.507 e. The third-order valence-electron chi connectivity index (χ3n) is 6.46. The first kappa shape index (κ1) is 25.8. The smallest absolute Gasteiger partial charge is 0.155 e. The van der Waals surface area contributed by atoms with Crippen LogP contribution in [0, 0.1) is 0 Å². The minimum atomic E-state index is -0.0183. The summed E-state index contributed by atoms with van der Waals surface area (Å²) < 4.78 is 0. The summed E-state index contributed by atoms with van der Waals surface area (Å²) in [5.41, 5.74) is 4.40. The van der Waals surface area contributed by atoms with E-state index in [0.717, 1.165) is 16.9 Å². The number of aliphatic hydroxyl groups excluding tert-OH is 1. The van der Waals surface area contributed by atoms with Crippen molar-refractivity contribution in [2.24, 2.45) is 0 Å². The Morgan fingerprint density at radius 1 is 0.846 bits per heavy atom. The number of phenolic OH excluding ortho intramolecular Hbond substituents is 2. The van der Waals surface area contributed by atoms with Gasteiger partial charge in [0.2, 0.25) is 0 Å². The molecule has 0 atom stereocenters. The number of hydrogen-bond donors (Lipinski definition) is 5. The van der Waals surface area contributed by atoms with Gasteiger partial charge in [0.05, 0.1) is 22.2 Å². The molecule has 0 saturated carbocycles. The maximum absolute atomic E-state index is 11.8. The molecule has 0 fully saturated rings. The normalized spacial score (nSPS) is 11.5. The number of aromatic nitrogens is 2. The second-order valence-corrected chi connectivity index (χ2v) is 9.02. The van der Waals surface area contributed by atoms with Crippen LogP contribution in [0.4, 0.5) is 22.9 Å². The molecule has 39 heavy (non-hydrogen) atoms. The number of aliphatic hydroxyl groups is 1. The lowest BCUT2D eigenvalue weighted by Gasteiger charge is -2.21. The number of hydrogen-bond acceptors (Lipinski definition) is 7. The molecule has 0 aliphatic rings. The lowest BCUT2D eigenvalue weighted by Crippen LogP contribution is -2.04. The van der Waals surface area contributed by atoms with E-state index in [2.05, 4.69) is 15.6 Å². The van der Waals surface area contributed by atoms with Gasteiger partial charge >= 0.3 is 0 Å². The Labute approximate surface area is 227 Å². The highest BCUT2D eigenvalue weighted by Gasteiger charge is 2.25. The van der Waals surface area contributed by atoms with E-state index in [-0.39, 0.29) is 18.1 Å². The molecule has 2 heterocycles. The summed E-state index contributed by atoms with van der Waals surface area (Å²) in [7, 11) is 0. The number of allylic oxidation sites excluding steroid dienone is 1. The lowest BCUT2D eigenvalue weighted by molar-refractivity contribution is 0.302. The van der Waals surface area contributed by atoms with Gasteiger partial charge in [-0.15, -0.1) is 0 Å². The highest BCUT2D eigenvalue weighted by molar-refractivity contribution is 6.13. The van der Waals surface area contributed by atoms with Gasteiger partial charge in [0.25, 0.3) is 0 Å². The van der Waals surface area contributed by atoms with E-state index in [4.69, 9.17) is 4.98 Å². The van der Waals surface area contributed by atoms with E-state index in [1.54, 1.807) is 12.3 Å². The quantitative estimate of drug-likeness (QED) is 0.130. The summed E-state index contributed by atoms with van der Waals surface area (Å²) in [5.74, 6) is 0.437. The van der Waals surface area contributed by atoms with E-state index in [1.807, 2.05) is 91.9 Å². The van der Waals surface area contributed by atoms with Crippen LogP contribution >= 0.6 is 0 Å². The molecule has 0 bridgehead atoms. The topological polar surface area (TPSA) is 111 Å². The van der Waals surface area contributed by atoms with Crippen LogP contribution in [0.5, 0.6) is 11.5 Å². The van der Waals surface area contributed by atoms with Gasteiger partial charge in [0, 0.05) is 29.7 Å². The van der Waals surface area contributed by atoms with Crippen LogP contribution in [0.15, 0.2) is 97.2 Å². The standard InChI is InChI=1S/C32H30N4O3/c1-2-21(12-11-19-37)24-20-26(38)27-28(31(24)39)29(25-17-9-10-18-33-25)36-32(35-23-15-7-4-8-16-23)30(27)34-22-13-5-3-6-14-22/h3-10,12-18,20,34,37-39H,2,11,19H2,1H3,(H,35,36). The zero-order chi connectivity index (χ0) is 27.2. The van der Waals surface area contributed by atoms with Crippen LogP contribution in [0.25, 0.3) is 27.7 Å². The van der Waals surface area contributed by atoms with Crippen molar-refractivity contribution in [3.63, 3.8) is 0 Å². The number of nitrogens with zero attached hydrogens (tertiary/aromatic N) is 2. The largest absolute Gasteiger partial charge is 0.507 e. The molecule has 0 radical (unpaired) electrons. The van der Waals surface area contributed by atoms with Gasteiger partial charge in [0.15, 0.2) is 5.82 Å². The summed E-state index contributed by atoms with van der Waals surface area (Å²) in [4.78, 5) is 9.51. The van der Waals surface area contributed by atoms with Crippen molar-refractivity contribution in [1.82, 2.24) is 9.97 Å². The SMILES string of the molecule is CCC(=CCCO)c1cc(O)c2c(Nc3ccccc3)c(Nc3ccccc3)nc(-c3ccccn3)c2c1O. The van der Waals surface area contributed by atoms with Crippen LogP contribution in [-0.4, -0.2) is 31.9 Å². The average Bonchev–Trinajstić information content (AvgIpc) is 2.98. The van der Waals surface area contributed by atoms with Crippen LogP contribution < -0.4 is 10.6 Å². The fraction of sp³-hybridized carbons (Fsp3) is 0.125. The Hall–Kier alpha value is -4.88. The van der Waals surface area contributed by atoms with E-state index >= 15 is 0 Å². The first-order chi connectivity index (χ1) is 19.1. The van der Waals surface area contributed by atoms with Gasteiger partial charge in [-0.3, -0.25) is 4.98 Å². The highest BCUT2D eigenvalue weighted by atomic mass is 16.3. The predicted molar refractivity (Wildman–Crippen MR) is 158 cm³/mol. The Morgan fingerprint density at radius 2 is 1.51 bits per heavy atom. The number of fused-ring (bicyclic) bond motifs is 1. The molecule has 5 aromatic rings. The molecule has 0 saturated heterocycles. The van der Waals surface area contributed by atoms with Gasteiger partial charge in [-0.1, -0.05) is 55.5 Å². The molecule has 196 valence electrons. The molecular formula is C32H30N4O3. The summed E-state index contributed by atoms with van der Waals surface area (Å²) in [6.45, 7) is 1.96. The molecular weight excluding hydrogens is 488 g/mol. The molecule has 0 amide bonds. The molecule has 2 aromatic heterocycles. The first-order valence-electron chi connectivity index (χ1n) is 12.9. The van der Waals surface area contributed by atoms with Gasteiger partial charge in [-0.2, -0.15) is 0 Å². The lowest BCUT2D eigenvalue weighted by atomic mass is 9.94. The summed E-state index contributed by atoms with van der Waals surface area (Å²) in [6.07, 6.45) is 4.59. The number of benzene rings is 3. The molecule has 5 N–H and O–H groups in total. The Morgan fingerprint density at radius 3 is 2.13 bits per heavy atom. The Kier molecular flexibility index (Phi) is 7.70. The van der Waals surface area contributed by atoms with Crippen LogP contribution in [-0.2, 0) is 0 Å². The number of aromatic hydroxyl groups is 2. The highest BCUT2D eigenvalue weighted by Crippen LogP contribution is 2.49. The van der Waals surface area contributed by atoms with Crippen LogP contribution in [0.2, 0.25) is 0 Å². The van der Waals surface area contributed by atoms with Crippen molar-refractivity contribution < 1.29 is 15.3 Å². The fourth-order valence-corrected chi connectivity index (χ4v) is 4.64. The van der Waals surface area contributed by atoms with Crippen LogP contribution in [0.1, 0.15) is 25.3 Å². The number of anilines is 4. The van der Waals surface area contributed by atoms with Crippen molar-refractivity contribution >= 4 is 39.2 Å². The summed E-state index contributed by atoms with van der Waals surface area (Å²) >= 11 is 0. The number of para-hydroxylation sites is 2. The van der Waals surface area contributed by atoms with Gasteiger partial charge in [-0.05, 0) is 60.9 Å². The van der Waals surface area contributed by atoms with Crippen molar-refractivity contribution in [3.8, 4) is 22.9 Å². The van der Waals surface area contributed by atoms with Gasteiger partial charge in [-0.25, -0.2) is 4.98 Å². The molecule has 0 aliphatic carbocycles. The van der Waals surface area contributed by atoms with Crippen molar-refractivity contribution in [3.05, 3.63) is 103 Å². The third-order valence-corrected chi connectivity index (χ3v) is 6.46. The van der Waals surface area contributed by atoms with Crippen molar-refractivity contribution in [2.45, 2.75) is 19.8 Å². The fourth-order valence-electron chi connectivity index (χ4n) is 4.64. The van der Waals surface area contributed by atoms with Crippen molar-refractivity contribution in [1.29, 1.82) is 0 Å². The monoisotopic (exact) mass is 518 g/mol. The van der Waals surface area contributed by atoms with E-state index in [1.165, 1.54) is 0 Å². The molecule has 0 unspecified atom stereocenters. The van der Waals surface area contributed by atoms with E-state index in [9.17, 15) is 15.3 Å². The summed E-state index contributed by atoms with van der Waals surface area (Å²) in [5, 5.41) is 40.3. The molecule has 3 aromatic carbocycles. The van der Waals surface area contributed by atoms with Gasteiger partial charge in [0.1, 0.15) is 17.2 Å². The van der Waals surface area contributed by atoms with E-state index in [0.29, 0.717) is 52.1 Å². The number of pyridine rings is 2. The maximum atomic E-state index is 11.8. The zero-order valence-corrected chi connectivity index (χ0v) is 21.6.